The lowest BCUT2D eigenvalue weighted by Gasteiger charge is -1.98. The monoisotopic (exact) mass is 248 g/mol. The summed E-state index contributed by atoms with van der Waals surface area (Å²) in [5.74, 6) is 0. The molecule has 18 heavy (non-hydrogen) atoms. The van der Waals surface area contributed by atoms with Gasteiger partial charge in [-0.25, -0.2) is 4.98 Å². The van der Waals surface area contributed by atoms with Gasteiger partial charge in [0.05, 0.1) is 16.7 Å². The molecule has 1 heterocycles. The highest BCUT2D eigenvalue weighted by atomic mass is 14.8. The lowest BCUT2D eigenvalue weighted by molar-refractivity contribution is 1.18. The van der Waals surface area contributed by atoms with E-state index in [1.165, 1.54) is 5.56 Å². The van der Waals surface area contributed by atoms with Gasteiger partial charge in [0.25, 0.3) is 0 Å². The summed E-state index contributed by atoms with van der Waals surface area (Å²) < 4.78 is 0. The third kappa shape index (κ3) is 6.33. The van der Waals surface area contributed by atoms with Gasteiger partial charge in [0.1, 0.15) is 0 Å². The SMILES string of the molecule is CC.CC.CC.Cc1ccc2nc(C)cnc2c1. The summed E-state index contributed by atoms with van der Waals surface area (Å²) in [5.41, 5.74) is 4.13. The van der Waals surface area contributed by atoms with Gasteiger partial charge in [-0.2, -0.15) is 0 Å². The highest BCUT2D eigenvalue weighted by Crippen LogP contribution is 2.10. The molecule has 0 amide bonds. The van der Waals surface area contributed by atoms with Gasteiger partial charge in [-0.3, -0.25) is 4.98 Å². The molecule has 0 saturated heterocycles. The molecular weight excluding hydrogens is 220 g/mol. The van der Waals surface area contributed by atoms with Crippen molar-refractivity contribution in [1.29, 1.82) is 0 Å². The Morgan fingerprint density at radius 2 is 1.33 bits per heavy atom. The largest absolute Gasteiger partial charge is 0.253 e. The molecule has 2 nitrogen and oxygen atoms in total. The van der Waals surface area contributed by atoms with Crippen LogP contribution in [0, 0.1) is 13.8 Å². The van der Waals surface area contributed by atoms with Crippen LogP contribution in [0.2, 0.25) is 0 Å². The first-order valence-electron chi connectivity index (χ1n) is 6.96. The number of aryl methyl sites for hydroxylation is 2. The molecule has 1 aromatic carbocycles. The van der Waals surface area contributed by atoms with E-state index in [0.717, 1.165) is 16.7 Å². The lowest BCUT2D eigenvalue weighted by atomic mass is 10.2. The molecule has 0 saturated carbocycles. The Bertz CT molecular complexity index is 381. The third-order valence-corrected chi connectivity index (χ3v) is 1.82. The van der Waals surface area contributed by atoms with Crippen molar-refractivity contribution in [3.05, 3.63) is 35.7 Å². The van der Waals surface area contributed by atoms with Crippen LogP contribution >= 0.6 is 0 Å². The van der Waals surface area contributed by atoms with Crippen LogP contribution in [0.15, 0.2) is 24.4 Å². The molecular formula is C16H28N2. The third-order valence-electron chi connectivity index (χ3n) is 1.82. The first-order chi connectivity index (χ1) is 8.75. The summed E-state index contributed by atoms with van der Waals surface area (Å²) in [4.78, 5) is 8.63. The molecule has 0 bridgehead atoms. The van der Waals surface area contributed by atoms with Crippen LogP contribution in [0.4, 0.5) is 0 Å². The molecule has 0 atom stereocenters. The Morgan fingerprint density at radius 1 is 0.778 bits per heavy atom. The number of rotatable bonds is 0. The summed E-state index contributed by atoms with van der Waals surface area (Å²) >= 11 is 0. The summed E-state index contributed by atoms with van der Waals surface area (Å²) in [6.07, 6.45) is 1.79. The molecule has 2 aromatic rings. The molecule has 0 aliphatic carbocycles. The minimum absolute atomic E-state index is 0.964. The maximum Gasteiger partial charge on any atom is 0.0890 e. The van der Waals surface area contributed by atoms with Gasteiger partial charge >= 0.3 is 0 Å². The zero-order valence-electron chi connectivity index (χ0n) is 13.2. The van der Waals surface area contributed by atoms with Crippen LogP contribution in [0.25, 0.3) is 11.0 Å². The molecule has 102 valence electrons. The summed E-state index contributed by atoms with van der Waals surface area (Å²) in [5, 5.41) is 0. The fourth-order valence-corrected chi connectivity index (χ4v) is 1.21. The van der Waals surface area contributed by atoms with E-state index in [2.05, 4.69) is 23.0 Å². The van der Waals surface area contributed by atoms with Crippen LogP contribution in [-0.4, -0.2) is 9.97 Å². The fourth-order valence-electron chi connectivity index (χ4n) is 1.21. The van der Waals surface area contributed by atoms with Gasteiger partial charge in [0.15, 0.2) is 0 Å². The number of benzene rings is 1. The Labute approximate surface area is 112 Å². The minimum Gasteiger partial charge on any atom is -0.253 e. The molecule has 0 fully saturated rings. The summed E-state index contributed by atoms with van der Waals surface area (Å²) in [6.45, 7) is 16.0. The molecule has 0 spiro atoms. The van der Waals surface area contributed by atoms with Gasteiger partial charge in [0.2, 0.25) is 0 Å². The first-order valence-corrected chi connectivity index (χ1v) is 6.96. The van der Waals surface area contributed by atoms with Crippen LogP contribution in [-0.2, 0) is 0 Å². The highest BCUT2D eigenvalue weighted by Gasteiger charge is 1.95. The number of fused-ring (bicyclic) bond motifs is 1. The predicted octanol–water partition coefficient (Wildman–Crippen LogP) is 5.33. The second-order valence-corrected chi connectivity index (χ2v) is 3.00. The number of hydrogen-bond acceptors (Lipinski definition) is 2. The molecule has 0 aliphatic rings. The van der Waals surface area contributed by atoms with E-state index < -0.39 is 0 Å². The second kappa shape index (κ2) is 12.0. The normalized spacial score (nSPS) is 8.00. The Hall–Kier alpha value is -1.44. The van der Waals surface area contributed by atoms with Crippen molar-refractivity contribution in [1.82, 2.24) is 9.97 Å². The molecule has 1 aromatic heterocycles. The standard InChI is InChI=1S/C10H10N2.3C2H6/c1-7-3-4-9-10(5-7)11-6-8(2)12-9;3*1-2/h3-6H,1-2H3;3*1-2H3. The van der Waals surface area contributed by atoms with E-state index in [4.69, 9.17) is 0 Å². The van der Waals surface area contributed by atoms with Gasteiger partial charge < -0.3 is 0 Å². The Kier molecular flexibility index (Phi) is 12.6. The zero-order chi connectivity index (χ0) is 14.6. The minimum atomic E-state index is 0.964. The van der Waals surface area contributed by atoms with E-state index >= 15 is 0 Å². The number of hydrogen-bond donors (Lipinski definition) is 0. The van der Waals surface area contributed by atoms with Crippen LogP contribution < -0.4 is 0 Å². The van der Waals surface area contributed by atoms with Gasteiger partial charge in [0, 0.05) is 6.20 Å². The van der Waals surface area contributed by atoms with Crippen molar-refractivity contribution < 1.29 is 0 Å². The average molecular weight is 248 g/mol. The molecule has 0 radical (unpaired) electrons. The molecule has 0 aliphatic heterocycles. The molecule has 2 heteroatoms. The molecule has 0 unspecified atom stereocenters. The fraction of sp³-hybridized carbons (Fsp3) is 0.500. The number of nitrogens with zero attached hydrogens (tertiary/aromatic N) is 2. The van der Waals surface area contributed by atoms with E-state index in [0.29, 0.717) is 0 Å². The lowest BCUT2D eigenvalue weighted by Crippen LogP contribution is -1.86. The van der Waals surface area contributed by atoms with Crippen molar-refractivity contribution in [2.75, 3.05) is 0 Å². The quantitative estimate of drug-likeness (QED) is 0.630. The summed E-state index contributed by atoms with van der Waals surface area (Å²) in [7, 11) is 0. The average Bonchev–Trinajstić information content (AvgIpc) is 2.46. The smallest absolute Gasteiger partial charge is 0.0890 e. The molecule has 0 N–H and O–H groups in total. The second-order valence-electron chi connectivity index (χ2n) is 3.00. The van der Waals surface area contributed by atoms with E-state index in [9.17, 15) is 0 Å². The Balaban J connectivity index is 0. The molecule has 2 rings (SSSR count). The van der Waals surface area contributed by atoms with Crippen LogP contribution in [0.5, 0.6) is 0 Å². The maximum absolute atomic E-state index is 4.35. The van der Waals surface area contributed by atoms with Crippen molar-refractivity contribution in [2.45, 2.75) is 55.4 Å². The van der Waals surface area contributed by atoms with Crippen molar-refractivity contribution in [3.8, 4) is 0 Å². The highest BCUT2D eigenvalue weighted by molar-refractivity contribution is 5.74. The van der Waals surface area contributed by atoms with Crippen LogP contribution in [0.3, 0.4) is 0 Å². The van der Waals surface area contributed by atoms with Crippen molar-refractivity contribution in [2.24, 2.45) is 0 Å². The van der Waals surface area contributed by atoms with Crippen LogP contribution in [0.1, 0.15) is 52.8 Å². The number of aromatic nitrogens is 2. The van der Waals surface area contributed by atoms with E-state index in [-0.39, 0.29) is 0 Å². The van der Waals surface area contributed by atoms with Gasteiger partial charge in [-0.15, -0.1) is 0 Å². The van der Waals surface area contributed by atoms with Crippen molar-refractivity contribution in [3.63, 3.8) is 0 Å². The Morgan fingerprint density at radius 3 is 1.89 bits per heavy atom. The van der Waals surface area contributed by atoms with Crippen molar-refractivity contribution >= 4 is 11.0 Å². The van der Waals surface area contributed by atoms with Gasteiger partial charge in [-0.05, 0) is 31.5 Å². The maximum atomic E-state index is 4.35. The van der Waals surface area contributed by atoms with E-state index in [1.54, 1.807) is 6.20 Å². The van der Waals surface area contributed by atoms with E-state index in [1.807, 2.05) is 60.6 Å². The summed E-state index contributed by atoms with van der Waals surface area (Å²) in [6, 6.07) is 6.10. The zero-order valence-corrected chi connectivity index (χ0v) is 13.2. The predicted molar refractivity (Wildman–Crippen MR) is 83.1 cm³/mol. The topological polar surface area (TPSA) is 25.8 Å². The van der Waals surface area contributed by atoms with Gasteiger partial charge in [-0.1, -0.05) is 47.6 Å². The first kappa shape index (κ1) is 18.9.